The molecular weight excluding hydrogens is 272 g/mol. The summed E-state index contributed by atoms with van der Waals surface area (Å²) in [6.07, 6.45) is 3.83. The number of likely N-dealkylation sites (tertiary alicyclic amines) is 1. The zero-order valence-corrected chi connectivity index (χ0v) is 13.1. The van der Waals surface area contributed by atoms with E-state index in [9.17, 15) is 4.79 Å². The van der Waals surface area contributed by atoms with E-state index in [1.54, 1.807) is 6.07 Å². The van der Waals surface area contributed by atoms with Crippen LogP contribution in [-0.2, 0) is 6.54 Å². The Labute approximate surface area is 124 Å². The van der Waals surface area contributed by atoms with Gasteiger partial charge in [0.25, 0.3) is 0 Å². The smallest absolute Gasteiger partial charge is 0.345 e. The first-order valence-corrected chi connectivity index (χ1v) is 8.09. The highest BCUT2D eigenvalue weighted by atomic mass is 32.1. The average Bonchev–Trinajstić information content (AvgIpc) is 2.79. The molecule has 1 aromatic heterocycles. The van der Waals surface area contributed by atoms with E-state index in [4.69, 9.17) is 5.11 Å². The fourth-order valence-corrected chi connectivity index (χ4v) is 3.56. The van der Waals surface area contributed by atoms with Crippen LogP contribution in [0.15, 0.2) is 6.07 Å². The van der Waals surface area contributed by atoms with Crippen LogP contribution in [0.2, 0.25) is 0 Å². The van der Waals surface area contributed by atoms with Crippen molar-refractivity contribution in [3.63, 3.8) is 0 Å². The Hall–Kier alpha value is -0.910. The maximum atomic E-state index is 10.9. The Kier molecular flexibility index (Phi) is 5.57. The predicted molar refractivity (Wildman–Crippen MR) is 82.6 cm³/mol. The number of piperidine rings is 1. The number of carbonyl (C=O) groups is 1. The first kappa shape index (κ1) is 15.5. The van der Waals surface area contributed by atoms with Crippen molar-refractivity contribution < 1.29 is 9.90 Å². The minimum absolute atomic E-state index is 0.439. The van der Waals surface area contributed by atoms with Gasteiger partial charge in [-0.05, 0) is 70.4 Å². The molecule has 112 valence electrons. The summed E-state index contributed by atoms with van der Waals surface area (Å²) in [7, 11) is 2.19. The van der Waals surface area contributed by atoms with Gasteiger partial charge < -0.3 is 15.3 Å². The van der Waals surface area contributed by atoms with E-state index < -0.39 is 5.97 Å². The number of carboxylic acids is 1. The average molecular weight is 296 g/mol. The zero-order valence-electron chi connectivity index (χ0n) is 12.3. The fourth-order valence-electron chi connectivity index (χ4n) is 2.68. The molecule has 1 aliphatic heterocycles. The second-order valence-electron chi connectivity index (χ2n) is 5.71. The van der Waals surface area contributed by atoms with E-state index in [1.807, 2.05) is 6.92 Å². The third-order valence-corrected chi connectivity index (χ3v) is 5.20. The Bertz CT molecular complexity index is 451. The van der Waals surface area contributed by atoms with Crippen LogP contribution >= 0.6 is 11.3 Å². The maximum Gasteiger partial charge on any atom is 0.345 e. The molecule has 0 aromatic carbocycles. The number of hydrogen-bond acceptors (Lipinski definition) is 4. The maximum absolute atomic E-state index is 10.9. The molecule has 0 unspecified atom stereocenters. The van der Waals surface area contributed by atoms with Crippen LogP contribution in [0.25, 0.3) is 0 Å². The van der Waals surface area contributed by atoms with Gasteiger partial charge in [0, 0.05) is 11.4 Å². The molecule has 5 heteroatoms. The number of hydrogen-bond donors (Lipinski definition) is 2. The summed E-state index contributed by atoms with van der Waals surface area (Å²) in [4.78, 5) is 14.9. The molecule has 2 rings (SSSR count). The minimum atomic E-state index is -0.823. The SMILES string of the molecule is Cc1sc(C(=O)O)cc1CNCCC1CCN(C)CC1. The molecule has 0 atom stereocenters. The van der Waals surface area contributed by atoms with E-state index in [0.29, 0.717) is 4.88 Å². The van der Waals surface area contributed by atoms with Crippen LogP contribution in [0.4, 0.5) is 0 Å². The summed E-state index contributed by atoms with van der Waals surface area (Å²) in [5, 5.41) is 12.4. The zero-order chi connectivity index (χ0) is 14.5. The number of carboxylic acid groups (broad SMARTS) is 1. The van der Waals surface area contributed by atoms with Crippen LogP contribution in [0.3, 0.4) is 0 Å². The fraction of sp³-hybridized carbons (Fsp3) is 0.667. The van der Waals surface area contributed by atoms with Gasteiger partial charge in [0.2, 0.25) is 0 Å². The number of aryl methyl sites for hydroxylation is 1. The molecule has 1 fully saturated rings. The Morgan fingerprint density at radius 2 is 2.20 bits per heavy atom. The van der Waals surface area contributed by atoms with Gasteiger partial charge in [-0.1, -0.05) is 0 Å². The summed E-state index contributed by atoms with van der Waals surface area (Å²) in [6.45, 7) is 6.23. The van der Waals surface area contributed by atoms with Gasteiger partial charge >= 0.3 is 5.97 Å². The lowest BCUT2D eigenvalue weighted by Crippen LogP contribution is -2.31. The number of nitrogens with one attached hydrogen (secondary N) is 1. The molecule has 0 aliphatic carbocycles. The van der Waals surface area contributed by atoms with E-state index in [0.717, 1.165) is 29.4 Å². The van der Waals surface area contributed by atoms with Crippen LogP contribution in [-0.4, -0.2) is 42.7 Å². The molecular formula is C15H24N2O2S. The number of thiophene rings is 1. The number of aromatic carboxylic acids is 1. The van der Waals surface area contributed by atoms with E-state index in [1.165, 1.54) is 43.7 Å². The lowest BCUT2D eigenvalue weighted by Gasteiger charge is -2.28. The molecule has 20 heavy (non-hydrogen) atoms. The van der Waals surface area contributed by atoms with E-state index in [-0.39, 0.29) is 0 Å². The van der Waals surface area contributed by atoms with Gasteiger partial charge in [-0.25, -0.2) is 4.79 Å². The lowest BCUT2D eigenvalue weighted by atomic mass is 9.94. The van der Waals surface area contributed by atoms with Crippen molar-refractivity contribution in [2.75, 3.05) is 26.7 Å². The molecule has 0 bridgehead atoms. The summed E-state index contributed by atoms with van der Waals surface area (Å²) >= 11 is 1.36. The summed E-state index contributed by atoms with van der Waals surface area (Å²) in [6, 6.07) is 1.80. The normalized spacial score (nSPS) is 17.5. The number of rotatable bonds is 6. The summed E-state index contributed by atoms with van der Waals surface area (Å²) in [5.41, 5.74) is 1.12. The lowest BCUT2D eigenvalue weighted by molar-refractivity contribution is 0.0702. The van der Waals surface area contributed by atoms with Crippen molar-refractivity contribution in [2.45, 2.75) is 32.7 Å². The van der Waals surface area contributed by atoms with Crippen LogP contribution in [0.1, 0.15) is 39.4 Å². The first-order valence-electron chi connectivity index (χ1n) is 7.28. The van der Waals surface area contributed by atoms with Gasteiger partial charge in [-0.2, -0.15) is 0 Å². The van der Waals surface area contributed by atoms with Gasteiger partial charge in [0.15, 0.2) is 0 Å². The molecule has 4 nitrogen and oxygen atoms in total. The third-order valence-electron chi connectivity index (χ3n) is 4.11. The number of nitrogens with zero attached hydrogens (tertiary/aromatic N) is 1. The van der Waals surface area contributed by atoms with Gasteiger partial charge in [0.05, 0.1) is 0 Å². The van der Waals surface area contributed by atoms with Crippen LogP contribution in [0, 0.1) is 12.8 Å². The molecule has 1 aliphatic rings. The second-order valence-corrected chi connectivity index (χ2v) is 6.97. The van der Waals surface area contributed by atoms with Crippen LogP contribution in [0.5, 0.6) is 0 Å². The standard InChI is InChI=1S/C15H24N2O2S/c1-11-13(9-14(20-11)15(18)19)10-16-6-3-12-4-7-17(2)8-5-12/h9,12,16H,3-8,10H2,1-2H3,(H,18,19). The molecule has 0 amide bonds. The molecule has 1 aromatic rings. The minimum Gasteiger partial charge on any atom is -0.477 e. The van der Waals surface area contributed by atoms with Crippen molar-refractivity contribution >= 4 is 17.3 Å². The third kappa shape index (κ3) is 4.30. The summed E-state index contributed by atoms with van der Waals surface area (Å²) < 4.78 is 0. The largest absolute Gasteiger partial charge is 0.477 e. The highest BCUT2D eigenvalue weighted by molar-refractivity contribution is 7.14. The van der Waals surface area contributed by atoms with Gasteiger partial charge in [-0.3, -0.25) is 0 Å². The van der Waals surface area contributed by atoms with Gasteiger partial charge in [-0.15, -0.1) is 11.3 Å². The van der Waals surface area contributed by atoms with Crippen molar-refractivity contribution in [1.82, 2.24) is 10.2 Å². The molecule has 0 spiro atoms. The van der Waals surface area contributed by atoms with Crippen molar-refractivity contribution in [3.8, 4) is 0 Å². The molecule has 2 N–H and O–H groups in total. The van der Waals surface area contributed by atoms with Crippen molar-refractivity contribution in [1.29, 1.82) is 0 Å². The van der Waals surface area contributed by atoms with Crippen LogP contribution < -0.4 is 5.32 Å². The summed E-state index contributed by atoms with van der Waals surface area (Å²) in [5.74, 6) is 0.0209. The van der Waals surface area contributed by atoms with Gasteiger partial charge in [0.1, 0.15) is 4.88 Å². The molecule has 0 radical (unpaired) electrons. The monoisotopic (exact) mass is 296 g/mol. The quantitative estimate of drug-likeness (QED) is 0.792. The first-order chi connectivity index (χ1) is 9.56. The van der Waals surface area contributed by atoms with E-state index >= 15 is 0 Å². The predicted octanol–water partition coefficient (Wildman–Crippen LogP) is 2.58. The van der Waals surface area contributed by atoms with Crippen molar-refractivity contribution in [3.05, 3.63) is 21.4 Å². The Morgan fingerprint density at radius 3 is 2.80 bits per heavy atom. The van der Waals surface area contributed by atoms with Crippen molar-refractivity contribution in [2.24, 2.45) is 5.92 Å². The molecule has 1 saturated heterocycles. The Morgan fingerprint density at radius 1 is 1.50 bits per heavy atom. The van der Waals surface area contributed by atoms with E-state index in [2.05, 4.69) is 17.3 Å². The topological polar surface area (TPSA) is 52.6 Å². The highest BCUT2D eigenvalue weighted by Crippen LogP contribution is 2.22. The highest BCUT2D eigenvalue weighted by Gasteiger charge is 2.16. The molecule has 2 heterocycles. The Balaban J connectivity index is 1.69. The second kappa shape index (κ2) is 7.20. The molecule has 0 saturated carbocycles.